The van der Waals surface area contributed by atoms with Crippen LogP contribution < -0.4 is 5.32 Å². The van der Waals surface area contributed by atoms with Crippen LogP contribution in [0.15, 0.2) is 18.2 Å². The highest BCUT2D eigenvalue weighted by Gasteiger charge is 2.24. The van der Waals surface area contributed by atoms with Crippen LogP contribution in [0.25, 0.3) is 0 Å². The lowest BCUT2D eigenvalue weighted by atomic mass is 9.85. The van der Waals surface area contributed by atoms with E-state index in [1.165, 1.54) is 12.1 Å². The van der Waals surface area contributed by atoms with Crippen molar-refractivity contribution in [3.05, 3.63) is 35.4 Å². The first kappa shape index (κ1) is 13.0. The van der Waals surface area contributed by atoms with Gasteiger partial charge in [0, 0.05) is 24.2 Å². The molecule has 1 fully saturated rings. The van der Waals surface area contributed by atoms with Crippen molar-refractivity contribution in [2.24, 2.45) is 5.92 Å². The molecule has 0 aromatic heterocycles. The van der Waals surface area contributed by atoms with Crippen LogP contribution in [0.3, 0.4) is 0 Å². The van der Waals surface area contributed by atoms with Crippen LogP contribution in [-0.2, 0) is 6.54 Å². The summed E-state index contributed by atoms with van der Waals surface area (Å²) in [5, 5.41) is 12.3. The molecule has 1 aliphatic rings. The predicted octanol–water partition coefficient (Wildman–Crippen LogP) is 3.14. The Morgan fingerprint density at radius 2 is 2.06 bits per heavy atom. The minimum atomic E-state index is -0.566. The number of hydrogen-bond donors (Lipinski definition) is 1. The SMILES string of the molecule is N#CC1CCCCC1NCc1ccc(F)cc1F. The molecule has 2 atom stereocenters. The Morgan fingerprint density at radius 1 is 1.28 bits per heavy atom. The number of hydrogen-bond acceptors (Lipinski definition) is 2. The molecule has 0 bridgehead atoms. The lowest BCUT2D eigenvalue weighted by Gasteiger charge is -2.27. The third kappa shape index (κ3) is 3.05. The van der Waals surface area contributed by atoms with Crippen LogP contribution in [0, 0.1) is 28.9 Å². The van der Waals surface area contributed by atoms with Gasteiger partial charge in [0.05, 0.1) is 12.0 Å². The number of rotatable bonds is 3. The van der Waals surface area contributed by atoms with Crippen LogP contribution in [-0.4, -0.2) is 6.04 Å². The summed E-state index contributed by atoms with van der Waals surface area (Å²) in [6.45, 7) is 0.342. The molecule has 2 rings (SSSR count). The van der Waals surface area contributed by atoms with Crippen molar-refractivity contribution in [3.63, 3.8) is 0 Å². The Hall–Kier alpha value is -1.47. The molecule has 18 heavy (non-hydrogen) atoms. The maximum atomic E-state index is 13.4. The standard InChI is InChI=1S/C14H16F2N2/c15-12-6-5-11(13(16)7-12)9-18-14-4-2-1-3-10(14)8-17/h5-7,10,14,18H,1-4,9H2. The first-order chi connectivity index (χ1) is 8.70. The smallest absolute Gasteiger partial charge is 0.130 e. The van der Waals surface area contributed by atoms with Crippen LogP contribution in [0.4, 0.5) is 8.78 Å². The number of halogens is 2. The fourth-order valence-electron chi connectivity index (χ4n) is 2.44. The van der Waals surface area contributed by atoms with E-state index in [2.05, 4.69) is 11.4 Å². The molecule has 1 aliphatic carbocycles. The van der Waals surface area contributed by atoms with Crippen LogP contribution >= 0.6 is 0 Å². The van der Waals surface area contributed by atoms with Gasteiger partial charge in [-0.2, -0.15) is 5.26 Å². The Bertz CT molecular complexity index is 454. The second-order valence-corrected chi connectivity index (χ2v) is 4.74. The number of nitrogens with zero attached hydrogens (tertiary/aromatic N) is 1. The van der Waals surface area contributed by atoms with Gasteiger partial charge < -0.3 is 5.32 Å². The maximum absolute atomic E-state index is 13.4. The highest BCUT2D eigenvalue weighted by atomic mass is 19.1. The largest absolute Gasteiger partial charge is 0.309 e. The quantitative estimate of drug-likeness (QED) is 0.894. The van der Waals surface area contributed by atoms with Gasteiger partial charge in [0.15, 0.2) is 0 Å². The monoisotopic (exact) mass is 250 g/mol. The second-order valence-electron chi connectivity index (χ2n) is 4.74. The molecule has 96 valence electrons. The van der Waals surface area contributed by atoms with Gasteiger partial charge in [-0.05, 0) is 18.9 Å². The molecular weight excluding hydrogens is 234 g/mol. The van der Waals surface area contributed by atoms with Gasteiger partial charge >= 0.3 is 0 Å². The summed E-state index contributed by atoms with van der Waals surface area (Å²) in [6, 6.07) is 6.00. The van der Waals surface area contributed by atoms with Gasteiger partial charge in [-0.25, -0.2) is 8.78 Å². The third-order valence-corrected chi connectivity index (χ3v) is 3.50. The van der Waals surface area contributed by atoms with Crippen molar-refractivity contribution in [3.8, 4) is 6.07 Å². The average Bonchev–Trinajstić information content (AvgIpc) is 2.38. The average molecular weight is 250 g/mol. The van der Waals surface area contributed by atoms with E-state index in [4.69, 9.17) is 5.26 Å². The fourth-order valence-corrected chi connectivity index (χ4v) is 2.44. The molecule has 4 heteroatoms. The molecule has 0 spiro atoms. The summed E-state index contributed by atoms with van der Waals surface area (Å²) >= 11 is 0. The zero-order chi connectivity index (χ0) is 13.0. The van der Waals surface area contributed by atoms with E-state index in [9.17, 15) is 8.78 Å². The molecule has 0 saturated heterocycles. The van der Waals surface area contributed by atoms with E-state index in [-0.39, 0.29) is 12.0 Å². The van der Waals surface area contributed by atoms with Crippen molar-refractivity contribution in [2.45, 2.75) is 38.3 Å². The minimum absolute atomic E-state index is 0.00209. The van der Waals surface area contributed by atoms with Crippen molar-refractivity contribution in [1.82, 2.24) is 5.32 Å². The summed E-state index contributed by atoms with van der Waals surface area (Å²) in [6.07, 6.45) is 4.03. The van der Waals surface area contributed by atoms with Gasteiger partial charge in [0.2, 0.25) is 0 Å². The Kier molecular flexibility index (Phi) is 4.27. The summed E-state index contributed by atoms with van der Waals surface area (Å²) in [4.78, 5) is 0. The maximum Gasteiger partial charge on any atom is 0.130 e. The normalized spacial score (nSPS) is 23.6. The first-order valence-corrected chi connectivity index (χ1v) is 6.27. The summed E-state index contributed by atoms with van der Waals surface area (Å²) in [5.74, 6) is -1.10. The topological polar surface area (TPSA) is 35.8 Å². The molecular formula is C14H16F2N2. The summed E-state index contributed by atoms with van der Waals surface area (Å²) < 4.78 is 26.2. The van der Waals surface area contributed by atoms with E-state index >= 15 is 0 Å². The number of nitrogens with one attached hydrogen (secondary N) is 1. The predicted molar refractivity (Wildman–Crippen MR) is 64.6 cm³/mol. The van der Waals surface area contributed by atoms with Crippen molar-refractivity contribution in [2.75, 3.05) is 0 Å². The van der Waals surface area contributed by atoms with E-state index in [1.807, 2.05) is 0 Å². The van der Waals surface area contributed by atoms with Gasteiger partial charge in [-0.1, -0.05) is 18.9 Å². The van der Waals surface area contributed by atoms with Crippen molar-refractivity contribution < 1.29 is 8.78 Å². The Labute approximate surface area is 106 Å². The van der Waals surface area contributed by atoms with Crippen LogP contribution in [0.1, 0.15) is 31.2 Å². The van der Waals surface area contributed by atoms with E-state index in [1.54, 1.807) is 0 Å². The molecule has 0 aliphatic heterocycles. The molecule has 1 aromatic carbocycles. The van der Waals surface area contributed by atoms with Crippen molar-refractivity contribution in [1.29, 1.82) is 5.26 Å². The van der Waals surface area contributed by atoms with Crippen LogP contribution in [0.2, 0.25) is 0 Å². The Morgan fingerprint density at radius 3 is 2.78 bits per heavy atom. The van der Waals surface area contributed by atoms with Crippen LogP contribution in [0.5, 0.6) is 0 Å². The fraction of sp³-hybridized carbons (Fsp3) is 0.500. The molecule has 2 unspecified atom stereocenters. The molecule has 0 radical (unpaired) electrons. The second kappa shape index (κ2) is 5.92. The summed E-state index contributed by atoms with van der Waals surface area (Å²) in [5.41, 5.74) is 0.443. The molecule has 0 heterocycles. The third-order valence-electron chi connectivity index (χ3n) is 3.50. The molecule has 1 N–H and O–H groups in total. The van der Waals surface area contributed by atoms with Gasteiger partial charge in [0.25, 0.3) is 0 Å². The zero-order valence-electron chi connectivity index (χ0n) is 10.1. The highest BCUT2D eigenvalue weighted by molar-refractivity contribution is 5.18. The molecule has 1 saturated carbocycles. The highest BCUT2D eigenvalue weighted by Crippen LogP contribution is 2.24. The zero-order valence-corrected chi connectivity index (χ0v) is 10.1. The van der Waals surface area contributed by atoms with Gasteiger partial charge in [0.1, 0.15) is 11.6 Å². The Balaban J connectivity index is 1.96. The van der Waals surface area contributed by atoms with E-state index in [0.29, 0.717) is 12.1 Å². The lowest BCUT2D eigenvalue weighted by molar-refractivity contribution is 0.310. The lowest BCUT2D eigenvalue weighted by Crippen LogP contribution is -2.37. The first-order valence-electron chi connectivity index (χ1n) is 6.27. The van der Waals surface area contributed by atoms with E-state index in [0.717, 1.165) is 31.7 Å². The molecule has 2 nitrogen and oxygen atoms in total. The van der Waals surface area contributed by atoms with E-state index < -0.39 is 11.6 Å². The van der Waals surface area contributed by atoms with Gasteiger partial charge in [-0.15, -0.1) is 0 Å². The van der Waals surface area contributed by atoms with Crippen molar-refractivity contribution >= 4 is 0 Å². The number of nitriles is 1. The minimum Gasteiger partial charge on any atom is -0.309 e. The molecule has 1 aromatic rings. The van der Waals surface area contributed by atoms with Gasteiger partial charge in [-0.3, -0.25) is 0 Å². The molecule has 0 amide bonds. The number of benzene rings is 1. The summed E-state index contributed by atoms with van der Waals surface area (Å²) in [7, 11) is 0.